The van der Waals surface area contributed by atoms with E-state index in [1.165, 1.54) is 19.1 Å². The first-order chi connectivity index (χ1) is 14.0. The lowest BCUT2D eigenvalue weighted by molar-refractivity contribution is -0.152. The van der Waals surface area contributed by atoms with Gasteiger partial charge < -0.3 is 9.47 Å². The second kappa shape index (κ2) is 8.55. The summed E-state index contributed by atoms with van der Waals surface area (Å²) in [6, 6.07) is 13.8. The van der Waals surface area contributed by atoms with Gasteiger partial charge in [-0.2, -0.15) is 10.0 Å². The summed E-state index contributed by atoms with van der Waals surface area (Å²) in [5.74, 6) is -2.18. The highest BCUT2D eigenvalue weighted by molar-refractivity contribution is 6.21. The summed E-state index contributed by atoms with van der Waals surface area (Å²) in [5, 5.41) is 1.35. The second-order valence-corrected chi connectivity index (χ2v) is 6.28. The highest BCUT2D eigenvalue weighted by atomic mass is 16.6. The minimum atomic E-state index is -1.25. The quantitative estimate of drug-likeness (QED) is 0.551. The number of fused-ring (bicyclic) bond motifs is 1. The molecule has 1 unspecified atom stereocenters. The third-order valence-corrected chi connectivity index (χ3v) is 4.37. The summed E-state index contributed by atoms with van der Waals surface area (Å²) in [7, 11) is 0. The van der Waals surface area contributed by atoms with Crippen LogP contribution in [-0.4, -0.2) is 46.5 Å². The molecule has 1 atom stereocenters. The van der Waals surface area contributed by atoms with Crippen LogP contribution in [0.3, 0.4) is 0 Å². The molecule has 2 aromatic rings. The molecule has 0 saturated carbocycles. The van der Waals surface area contributed by atoms with E-state index in [4.69, 9.17) is 9.47 Å². The van der Waals surface area contributed by atoms with Crippen LogP contribution in [0.2, 0.25) is 0 Å². The maximum atomic E-state index is 12.8. The lowest BCUT2D eigenvalue weighted by atomic mass is 10.1. The van der Waals surface area contributed by atoms with Crippen molar-refractivity contribution >= 4 is 23.9 Å². The summed E-state index contributed by atoms with van der Waals surface area (Å²) in [4.78, 5) is 50.8. The van der Waals surface area contributed by atoms with Crippen LogP contribution in [0.4, 0.5) is 4.79 Å². The number of carbonyl (C=O) groups is 4. The molecule has 29 heavy (non-hydrogen) atoms. The van der Waals surface area contributed by atoms with Crippen LogP contribution < -0.4 is 0 Å². The van der Waals surface area contributed by atoms with Gasteiger partial charge in [0.05, 0.1) is 17.7 Å². The van der Waals surface area contributed by atoms with Crippen molar-refractivity contribution in [2.45, 2.75) is 26.5 Å². The predicted octanol–water partition coefficient (Wildman–Crippen LogP) is 2.79. The molecule has 0 N–H and O–H groups in total. The zero-order chi connectivity index (χ0) is 21.0. The molecule has 0 aromatic heterocycles. The van der Waals surface area contributed by atoms with Crippen molar-refractivity contribution in [3.8, 4) is 0 Å². The average molecular weight is 396 g/mol. The van der Waals surface area contributed by atoms with E-state index in [2.05, 4.69) is 0 Å². The Kier molecular flexibility index (Phi) is 5.92. The minimum absolute atomic E-state index is 0.0815. The molecule has 1 aliphatic heterocycles. The number of ether oxygens (including phenoxy) is 2. The second-order valence-electron chi connectivity index (χ2n) is 6.28. The van der Waals surface area contributed by atoms with Crippen molar-refractivity contribution in [2.75, 3.05) is 6.61 Å². The fraction of sp³-hybridized carbons (Fsp3) is 0.238. The summed E-state index contributed by atoms with van der Waals surface area (Å²) in [5.41, 5.74) is 1.01. The molecular formula is C21H20N2O6. The van der Waals surface area contributed by atoms with Crippen molar-refractivity contribution in [1.82, 2.24) is 10.0 Å². The lowest BCUT2D eigenvalue weighted by Crippen LogP contribution is -2.56. The smallest absolute Gasteiger partial charge is 0.430 e. The number of esters is 1. The Balaban J connectivity index is 1.89. The Morgan fingerprint density at radius 2 is 1.48 bits per heavy atom. The van der Waals surface area contributed by atoms with Gasteiger partial charge in [0.2, 0.25) is 0 Å². The van der Waals surface area contributed by atoms with Gasteiger partial charge in [-0.05, 0) is 31.5 Å². The Bertz CT molecular complexity index is 908. The van der Waals surface area contributed by atoms with E-state index in [1.807, 2.05) is 6.07 Å². The summed E-state index contributed by atoms with van der Waals surface area (Å²) in [6.07, 6.45) is -1.01. The highest BCUT2D eigenvalue weighted by Gasteiger charge is 2.45. The van der Waals surface area contributed by atoms with Crippen LogP contribution in [0.15, 0.2) is 54.6 Å². The van der Waals surface area contributed by atoms with E-state index in [1.54, 1.807) is 43.3 Å². The van der Waals surface area contributed by atoms with Crippen LogP contribution in [0.5, 0.6) is 0 Å². The van der Waals surface area contributed by atoms with Crippen molar-refractivity contribution in [3.05, 3.63) is 71.3 Å². The van der Waals surface area contributed by atoms with Crippen molar-refractivity contribution in [2.24, 2.45) is 0 Å². The topological polar surface area (TPSA) is 93.2 Å². The number of carbonyl (C=O) groups excluding carboxylic acids is 4. The molecule has 8 nitrogen and oxygen atoms in total. The molecule has 0 spiro atoms. The Morgan fingerprint density at radius 1 is 0.931 bits per heavy atom. The van der Waals surface area contributed by atoms with Gasteiger partial charge in [0.25, 0.3) is 11.8 Å². The minimum Gasteiger partial charge on any atom is -0.464 e. The Labute approximate surface area is 167 Å². The number of hydrazine groups is 1. The van der Waals surface area contributed by atoms with E-state index in [0.717, 1.165) is 0 Å². The van der Waals surface area contributed by atoms with Gasteiger partial charge in [-0.25, -0.2) is 9.59 Å². The van der Waals surface area contributed by atoms with Gasteiger partial charge in [-0.3, -0.25) is 9.59 Å². The van der Waals surface area contributed by atoms with Crippen molar-refractivity contribution in [1.29, 1.82) is 0 Å². The summed E-state index contributed by atoms with van der Waals surface area (Å²) in [6.45, 7) is 2.98. The first kappa shape index (κ1) is 20.1. The van der Waals surface area contributed by atoms with Crippen LogP contribution >= 0.6 is 0 Å². The number of rotatable bonds is 6. The predicted molar refractivity (Wildman–Crippen MR) is 102 cm³/mol. The van der Waals surface area contributed by atoms with E-state index in [-0.39, 0.29) is 24.3 Å². The van der Waals surface area contributed by atoms with Crippen molar-refractivity contribution in [3.63, 3.8) is 0 Å². The lowest BCUT2D eigenvalue weighted by Gasteiger charge is -2.32. The van der Waals surface area contributed by atoms with E-state index < -0.39 is 29.9 Å². The molecule has 0 radical (unpaired) electrons. The molecule has 0 saturated heterocycles. The summed E-state index contributed by atoms with van der Waals surface area (Å²) >= 11 is 0. The fourth-order valence-electron chi connectivity index (χ4n) is 2.93. The molecule has 1 aliphatic rings. The van der Waals surface area contributed by atoms with Gasteiger partial charge in [0, 0.05) is 0 Å². The highest BCUT2D eigenvalue weighted by Crippen LogP contribution is 2.26. The molecule has 3 amide bonds. The van der Waals surface area contributed by atoms with E-state index >= 15 is 0 Å². The molecule has 0 aliphatic carbocycles. The summed E-state index contributed by atoms with van der Waals surface area (Å²) < 4.78 is 10.2. The van der Waals surface area contributed by atoms with Gasteiger partial charge in [0.15, 0.2) is 6.04 Å². The standard InChI is InChI=1S/C21H20N2O6/c1-3-28-20(26)14(2)22(21(27)29-13-15-9-5-4-6-10-15)23-18(24)16-11-7-8-12-17(16)19(23)25/h4-12,14H,3,13H2,1-2H3. The Hall–Kier alpha value is -3.68. The molecule has 2 aromatic carbocycles. The van der Waals surface area contributed by atoms with E-state index in [9.17, 15) is 19.2 Å². The van der Waals surface area contributed by atoms with Crippen LogP contribution in [0, 0.1) is 0 Å². The van der Waals surface area contributed by atoms with Crippen LogP contribution in [0.25, 0.3) is 0 Å². The largest absolute Gasteiger partial charge is 0.464 e. The molecular weight excluding hydrogens is 376 g/mol. The van der Waals surface area contributed by atoms with Crippen LogP contribution in [0.1, 0.15) is 40.1 Å². The monoisotopic (exact) mass is 396 g/mol. The van der Waals surface area contributed by atoms with Gasteiger partial charge in [-0.1, -0.05) is 42.5 Å². The molecule has 1 heterocycles. The van der Waals surface area contributed by atoms with Gasteiger partial charge in [0.1, 0.15) is 6.61 Å². The van der Waals surface area contributed by atoms with E-state index in [0.29, 0.717) is 15.6 Å². The zero-order valence-corrected chi connectivity index (χ0v) is 16.0. The molecule has 8 heteroatoms. The number of imide groups is 1. The zero-order valence-electron chi connectivity index (χ0n) is 16.0. The Morgan fingerprint density at radius 3 is 2.03 bits per heavy atom. The van der Waals surface area contributed by atoms with Crippen LogP contribution in [-0.2, 0) is 20.9 Å². The number of hydrogen-bond donors (Lipinski definition) is 0. The third-order valence-electron chi connectivity index (χ3n) is 4.37. The SMILES string of the molecule is CCOC(=O)C(C)N(C(=O)OCc1ccccc1)N1C(=O)c2ccccc2C1=O. The van der Waals surface area contributed by atoms with Crippen molar-refractivity contribution < 1.29 is 28.7 Å². The average Bonchev–Trinajstić information content (AvgIpc) is 2.99. The maximum absolute atomic E-state index is 12.8. The fourth-order valence-corrected chi connectivity index (χ4v) is 2.93. The third kappa shape index (κ3) is 3.96. The molecule has 150 valence electrons. The first-order valence-electron chi connectivity index (χ1n) is 9.10. The first-order valence-corrected chi connectivity index (χ1v) is 9.10. The molecule has 3 rings (SSSR count). The maximum Gasteiger partial charge on any atom is 0.430 e. The number of nitrogens with zero attached hydrogens (tertiary/aromatic N) is 2. The molecule has 0 fully saturated rings. The molecule has 0 bridgehead atoms. The van der Waals surface area contributed by atoms with Gasteiger partial charge in [-0.15, -0.1) is 0 Å². The van der Waals surface area contributed by atoms with Gasteiger partial charge >= 0.3 is 12.1 Å². The number of benzene rings is 2. The number of hydrogen-bond acceptors (Lipinski definition) is 6. The normalized spacial score (nSPS) is 13.7. The number of amides is 3.